The van der Waals surface area contributed by atoms with Gasteiger partial charge in [-0.05, 0) is 19.3 Å². The first kappa shape index (κ1) is 34.8. The molecule has 0 aliphatic carbocycles. The zero-order valence-corrected chi connectivity index (χ0v) is 16.4. The quantitative estimate of drug-likeness (QED) is 0.187. The molecule has 0 heterocycles. The fraction of sp³-hybridized carbons (Fsp3) is 1.00. The molecule has 0 N–H and O–H groups in total. The van der Waals surface area contributed by atoms with Crippen molar-refractivity contribution in [2.45, 2.75) is 80.2 Å². The van der Waals surface area contributed by atoms with Crippen LogP contribution in [0.25, 0.3) is 0 Å². The summed E-state index contributed by atoms with van der Waals surface area (Å²) in [5.74, 6) is -32.8. The second-order valence-electron chi connectivity index (χ2n) is 6.56. The zero-order valence-electron chi connectivity index (χ0n) is 16.4. The highest BCUT2D eigenvalue weighted by Crippen LogP contribution is 2.57. The number of rotatable bonds is 10. The second kappa shape index (κ2) is 10.7. The Bertz CT molecular complexity index is 570. The fourth-order valence-electron chi connectivity index (χ4n) is 1.87. The van der Waals surface area contributed by atoms with Gasteiger partial charge in [-0.2, -0.15) is 70.2 Å². The van der Waals surface area contributed by atoms with Gasteiger partial charge in [-0.15, -0.1) is 0 Å². The van der Waals surface area contributed by atoms with Crippen molar-refractivity contribution in [3.05, 3.63) is 0 Å². The molecule has 0 saturated heterocycles. The fourth-order valence-corrected chi connectivity index (χ4v) is 1.87. The van der Waals surface area contributed by atoms with Gasteiger partial charge in [0.1, 0.15) is 0 Å². The molecule has 0 aromatic heterocycles. The number of halogens is 19. The summed E-state index contributed by atoms with van der Waals surface area (Å²) in [5.41, 5.74) is -5.24. The SMILES string of the molecule is CCC(F)(F)C(F)(F)C(F)(F)C(F)(F)C(F)(F)CF.FCCCCC(F)(C(F)(F)F)C(F)(F)F. The van der Waals surface area contributed by atoms with Gasteiger partial charge < -0.3 is 0 Å². The molecule has 0 bridgehead atoms. The van der Waals surface area contributed by atoms with Crippen LogP contribution in [0.4, 0.5) is 83.4 Å². The zero-order chi connectivity index (χ0) is 28.2. The summed E-state index contributed by atoms with van der Waals surface area (Å²) in [6.07, 6.45) is -17.2. The lowest BCUT2D eigenvalue weighted by molar-refractivity contribution is -0.402. The molecule has 0 aromatic rings. The average Bonchev–Trinajstić information content (AvgIpc) is 2.66. The molecule has 0 unspecified atom stereocenters. The highest BCUT2D eigenvalue weighted by Gasteiger charge is 2.85. The third kappa shape index (κ3) is 6.46. The normalized spacial score (nSPS) is 15.2. The van der Waals surface area contributed by atoms with E-state index in [1.54, 1.807) is 0 Å². The van der Waals surface area contributed by atoms with Gasteiger partial charge in [0, 0.05) is 6.42 Å². The molecule has 0 aliphatic heterocycles. The number of hydrogen-bond donors (Lipinski definition) is 0. The van der Waals surface area contributed by atoms with E-state index in [4.69, 9.17) is 0 Å². The molecule has 19 heteroatoms. The summed E-state index contributed by atoms with van der Waals surface area (Å²) in [5, 5.41) is 0. The van der Waals surface area contributed by atoms with Gasteiger partial charge in [0.05, 0.1) is 6.67 Å². The smallest absolute Gasteiger partial charge is 0.251 e. The molecule has 0 radical (unpaired) electrons. The molecule has 0 saturated carbocycles. The highest BCUT2D eigenvalue weighted by atomic mass is 19.4. The van der Waals surface area contributed by atoms with E-state index in [0.29, 0.717) is 0 Å². The van der Waals surface area contributed by atoms with Crippen molar-refractivity contribution in [3.63, 3.8) is 0 Å². The molecule has 0 amide bonds. The third-order valence-electron chi connectivity index (χ3n) is 4.12. The van der Waals surface area contributed by atoms with Crippen LogP contribution in [-0.2, 0) is 0 Å². The first-order chi connectivity index (χ1) is 14.7. The average molecular weight is 556 g/mol. The van der Waals surface area contributed by atoms with E-state index in [1.807, 2.05) is 0 Å². The topological polar surface area (TPSA) is 0 Å². The van der Waals surface area contributed by atoms with E-state index in [1.165, 1.54) is 0 Å². The third-order valence-corrected chi connectivity index (χ3v) is 4.12. The maximum Gasteiger partial charge on any atom is 0.431 e. The molecule has 0 rings (SSSR count). The Morgan fingerprint density at radius 1 is 0.471 bits per heavy atom. The van der Waals surface area contributed by atoms with Crippen LogP contribution in [0.3, 0.4) is 0 Å². The largest absolute Gasteiger partial charge is 0.431 e. The van der Waals surface area contributed by atoms with Gasteiger partial charge in [-0.3, -0.25) is 4.39 Å². The Labute approximate surface area is 178 Å². The summed E-state index contributed by atoms with van der Waals surface area (Å²) in [6.45, 7) is -4.23. The van der Waals surface area contributed by atoms with Crippen molar-refractivity contribution in [2.24, 2.45) is 0 Å². The molecule has 0 nitrogen and oxygen atoms in total. The summed E-state index contributed by atoms with van der Waals surface area (Å²) < 4.78 is 232. The summed E-state index contributed by atoms with van der Waals surface area (Å²) in [4.78, 5) is 0. The van der Waals surface area contributed by atoms with Gasteiger partial charge in [-0.1, -0.05) is 6.92 Å². The monoisotopic (exact) mass is 556 g/mol. The van der Waals surface area contributed by atoms with Crippen molar-refractivity contribution < 1.29 is 83.4 Å². The van der Waals surface area contributed by atoms with E-state index in [2.05, 4.69) is 0 Å². The Kier molecular flexibility index (Phi) is 11.0. The summed E-state index contributed by atoms with van der Waals surface area (Å²) >= 11 is 0. The van der Waals surface area contributed by atoms with Crippen LogP contribution in [-0.4, -0.2) is 61.0 Å². The summed E-state index contributed by atoms with van der Waals surface area (Å²) in [6, 6.07) is 0. The van der Waals surface area contributed by atoms with Gasteiger partial charge in [-0.25, -0.2) is 8.78 Å². The van der Waals surface area contributed by atoms with Crippen molar-refractivity contribution in [1.29, 1.82) is 0 Å². The van der Waals surface area contributed by atoms with Crippen LogP contribution in [0.15, 0.2) is 0 Å². The lowest BCUT2D eigenvalue weighted by Gasteiger charge is -2.38. The lowest BCUT2D eigenvalue weighted by atomic mass is 9.94. The van der Waals surface area contributed by atoms with Crippen LogP contribution >= 0.6 is 0 Å². The molecule has 208 valence electrons. The van der Waals surface area contributed by atoms with Crippen molar-refractivity contribution in [2.75, 3.05) is 13.3 Å². The second-order valence-corrected chi connectivity index (χ2v) is 6.56. The number of unbranched alkanes of at least 4 members (excludes halogenated alkanes) is 1. The molecular formula is C15H15F19. The number of alkyl halides is 19. The van der Waals surface area contributed by atoms with Crippen LogP contribution < -0.4 is 0 Å². The Morgan fingerprint density at radius 2 is 0.824 bits per heavy atom. The maximum atomic E-state index is 12.8. The molecule has 0 atom stereocenters. The first-order valence-electron chi connectivity index (χ1n) is 8.51. The van der Waals surface area contributed by atoms with Crippen molar-refractivity contribution in [1.82, 2.24) is 0 Å². The van der Waals surface area contributed by atoms with Gasteiger partial charge in [0.15, 0.2) is 6.67 Å². The van der Waals surface area contributed by atoms with E-state index in [0.717, 1.165) is 0 Å². The van der Waals surface area contributed by atoms with Crippen LogP contribution in [0, 0.1) is 0 Å². The minimum atomic E-state index is -7.14. The van der Waals surface area contributed by atoms with Crippen LogP contribution in [0.5, 0.6) is 0 Å². The molecule has 0 fully saturated rings. The Balaban J connectivity index is 0. The molecular weight excluding hydrogens is 541 g/mol. The molecule has 0 spiro atoms. The predicted octanol–water partition coefficient (Wildman–Crippen LogP) is 8.50. The highest BCUT2D eigenvalue weighted by molar-refractivity contribution is 5.08. The van der Waals surface area contributed by atoms with E-state index >= 15 is 0 Å². The van der Waals surface area contributed by atoms with E-state index in [-0.39, 0.29) is 6.92 Å². The lowest BCUT2D eigenvalue weighted by Crippen LogP contribution is -2.67. The first-order valence-corrected chi connectivity index (χ1v) is 8.51. The van der Waals surface area contributed by atoms with E-state index < -0.39 is 86.7 Å². The van der Waals surface area contributed by atoms with Gasteiger partial charge >= 0.3 is 42.0 Å². The van der Waals surface area contributed by atoms with E-state index in [9.17, 15) is 83.4 Å². The van der Waals surface area contributed by atoms with Crippen LogP contribution in [0.1, 0.15) is 32.6 Å². The van der Waals surface area contributed by atoms with Gasteiger partial charge in [0.25, 0.3) is 5.67 Å². The maximum absolute atomic E-state index is 12.8. The van der Waals surface area contributed by atoms with Gasteiger partial charge in [0.2, 0.25) is 0 Å². The van der Waals surface area contributed by atoms with Crippen molar-refractivity contribution in [3.8, 4) is 0 Å². The molecule has 0 aromatic carbocycles. The summed E-state index contributed by atoms with van der Waals surface area (Å²) in [7, 11) is 0. The Morgan fingerprint density at radius 3 is 1.09 bits per heavy atom. The predicted molar refractivity (Wildman–Crippen MR) is 76.8 cm³/mol. The standard InChI is InChI=1S/C8H7F11.C7H8F8/c1-2-4(10,11)6(14,15)8(18,19)7(16,17)5(12,13)3-9;8-4-2-1-3-5(9,6(10,11)12)7(13,14)15/h2-3H2,1H3;1-4H2. The molecule has 0 aliphatic rings. The van der Waals surface area contributed by atoms with Crippen LogP contribution in [0.2, 0.25) is 0 Å². The molecule has 34 heavy (non-hydrogen) atoms. The Hall–Kier alpha value is -1.33. The van der Waals surface area contributed by atoms with Crippen molar-refractivity contribution >= 4 is 0 Å². The number of hydrogen-bond acceptors (Lipinski definition) is 0. The minimum Gasteiger partial charge on any atom is -0.251 e. The minimum absolute atomic E-state index is 0.259.